The third-order valence-corrected chi connectivity index (χ3v) is 11.6. The topological polar surface area (TPSA) is 74.6 Å². The van der Waals surface area contributed by atoms with E-state index in [4.69, 9.17) is 19.8 Å². The molecule has 4 bridgehead atoms. The highest BCUT2D eigenvalue weighted by Crippen LogP contribution is 2.77. The van der Waals surface area contributed by atoms with Crippen molar-refractivity contribution in [2.75, 3.05) is 6.16 Å². The molecule has 0 aliphatic heterocycles. The van der Waals surface area contributed by atoms with Gasteiger partial charge in [0.15, 0.2) is 0 Å². The molecule has 0 radical (unpaired) electrons. The number of hydrogen-bond donors (Lipinski definition) is 2. The van der Waals surface area contributed by atoms with Crippen LogP contribution in [0.25, 0.3) is 0 Å². The van der Waals surface area contributed by atoms with Gasteiger partial charge in [0.05, 0.1) is 0 Å². The molecule has 156 valence electrons. The SMILES string of the molecule is CC(=O)O.CC(=O)O.CCCCP(C12CCC(CC1)C2)C12CCC(CC1)C2. The van der Waals surface area contributed by atoms with Gasteiger partial charge in [-0.1, -0.05) is 21.3 Å². The molecule has 4 saturated carbocycles. The molecule has 0 aromatic heterocycles. The second-order valence-electron chi connectivity index (χ2n) is 9.29. The van der Waals surface area contributed by atoms with Crippen LogP contribution in [0, 0.1) is 11.8 Å². The van der Waals surface area contributed by atoms with Crippen molar-refractivity contribution in [2.24, 2.45) is 11.8 Å². The lowest BCUT2D eigenvalue weighted by molar-refractivity contribution is -0.135. The fraction of sp³-hybridized carbons (Fsp3) is 0.909. The van der Waals surface area contributed by atoms with Crippen LogP contribution in [-0.4, -0.2) is 38.6 Å². The van der Waals surface area contributed by atoms with Gasteiger partial charge in [0.25, 0.3) is 11.9 Å². The van der Waals surface area contributed by atoms with E-state index in [2.05, 4.69) is 6.92 Å². The predicted molar refractivity (Wildman–Crippen MR) is 112 cm³/mol. The van der Waals surface area contributed by atoms with Crippen LogP contribution in [0.1, 0.15) is 97.8 Å². The van der Waals surface area contributed by atoms with E-state index in [1.165, 1.54) is 12.8 Å². The number of hydrogen-bond acceptors (Lipinski definition) is 2. The third-order valence-electron chi connectivity index (χ3n) is 7.29. The molecule has 0 aromatic rings. The van der Waals surface area contributed by atoms with Crippen molar-refractivity contribution in [1.29, 1.82) is 0 Å². The molecule has 0 aromatic carbocycles. The minimum absolute atomic E-state index is 0.346. The normalized spacial score (nSPS) is 36.4. The molecule has 0 spiro atoms. The van der Waals surface area contributed by atoms with Gasteiger partial charge in [-0.2, -0.15) is 0 Å². The van der Waals surface area contributed by atoms with Crippen molar-refractivity contribution in [3.05, 3.63) is 0 Å². The summed E-state index contributed by atoms with van der Waals surface area (Å²) in [4.78, 5) is 18.0. The number of carboxylic acids is 2. The lowest BCUT2D eigenvalue weighted by Gasteiger charge is -2.48. The first kappa shape index (κ1) is 22.7. The molecule has 4 rings (SSSR count). The fourth-order valence-corrected chi connectivity index (χ4v) is 11.5. The molecule has 0 saturated heterocycles. The molecular formula is C22H39O4P. The van der Waals surface area contributed by atoms with Gasteiger partial charge in [-0.3, -0.25) is 9.59 Å². The van der Waals surface area contributed by atoms with Gasteiger partial charge >= 0.3 is 0 Å². The lowest BCUT2D eigenvalue weighted by Crippen LogP contribution is -2.34. The maximum absolute atomic E-state index is 9.00. The van der Waals surface area contributed by atoms with E-state index in [0.717, 1.165) is 36.0 Å². The van der Waals surface area contributed by atoms with Crippen LogP contribution in [-0.2, 0) is 9.59 Å². The summed E-state index contributed by atoms with van der Waals surface area (Å²) in [6.45, 7) is 4.57. The Balaban J connectivity index is 0.000000281. The first-order valence-corrected chi connectivity index (χ1v) is 12.4. The zero-order valence-electron chi connectivity index (χ0n) is 17.5. The number of unbranched alkanes of at least 4 members (excludes halogenated alkanes) is 1. The Morgan fingerprint density at radius 3 is 1.41 bits per heavy atom. The average molecular weight is 399 g/mol. The zero-order chi connectivity index (χ0) is 20.1. The molecule has 4 fully saturated rings. The second kappa shape index (κ2) is 9.72. The van der Waals surface area contributed by atoms with E-state index in [1.807, 2.05) is 0 Å². The number of fused-ring (bicyclic) bond motifs is 4. The van der Waals surface area contributed by atoms with Crippen molar-refractivity contribution in [3.63, 3.8) is 0 Å². The molecule has 4 aliphatic rings. The summed E-state index contributed by atoms with van der Waals surface area (Å²) in [5.74, 6) is 0.642. The van der Waals surface area contributed by atoms with Crippen molar-refractivity contribution in [1.82, 2.24) is 0 Å². The van der Waals surface area contributed by atoms with Gasteiger partial charge in [0.1, 0.15) is 0 Å². The van der Waals surface area contributed by atoms with Crippen LogP contribution in [0.2, 0.25) is 0 Å². The summed E-state index contributed by atoms with van der Waals surface area (Å²) < 4.78 is 0. The maximum Gasteiger partial charge on any atom is 0.300 e. The predicted octanol–water partition coefficient (Wildman–Crippen LogP) is 6.12. The highest BCUT2D eigenvalue weighted by atomic mass is 31.1. The standard InChI is InChI=1S/C18H31P.2C2H4O2/c1-2-3-12-19(17-8-4-15(13-17)5-9-17)18-10-6-16(14-18)7-11-18;2*1-2(3)4/h15-16H,2-14H2,1H3;2*1H3,(H,3,4). The molecule has 2 N–H and O–H groups in total. The molecule has 4 aliphatic carbocycles. The van der Waals surface area contributed by atoms with E-state index in [-0.39, 0.29) is 0 Å². The Kier molecular flexibility index (Phi) is 8.16. The van der Waals surface area contributed by atoms with Gasteiger partial charge in [0, 0.05) is 13.8 Å². The van der Waals surface area contributed by atoms with Gasteiger partial charge in [-0.25, -0.2) is 0 Å². The molecule has 4 nitrogen and oxygen atoms in total. The van der Waals surface area contributed by atoms with E-state index in [0.29, 0.717) is 7.92 Å². The molecule has 0 unspecified atom stereocenters. The summed E-state index contributed by atoms with van der Waals surface area (Å²) in [7, 11) is 0.346. The quantitative estimate of drug-likeness (QED) is 0.547. The number of aliphatic carboxylic acids is 2. The summed E-state index contributed by atoms with van der Waals surface area (Å²) in [5.41, 5.74) is 0. The molecular weight excluding hydrogens is 359 g/mol. The van der Waals surface area contributed by atoms with E-state index < -0.39 is 11.9 Å². The average Bonchev–Trinajstić information content (AvgIpc) is 3.35. The highest BCUT2D eigenvalue weighted by molar-refractivity contribution is 7.61. The van der Waals surface area contributed by atoms with Crippen molar-refractivity contribution < 1.29 is 19.8 Å². The van der Waals surface area contributed by atoms with Crippen molar-refractivity contribution in [2.45, 2.75) is 108 Å². The minimum atomic E-state index is -0.833. The van der Waals surface area contributed by atoms with Gasteiger partial charge < -0.3 is 10.2 Å². The van der Waals surface area contributed by atoms with Crippen LogP contribution in [0.3, 0.4) is 0 Å². The summed E-state index contributed by atoms with van der Waals surface area (Å²) in [5, 5.41) is 16.6. The minimum Gasteiger partial charge on any atom is -0.481 e. The Hall–Kier alpha value is -0.630. The Morgan fingerprint density at radius 1 is 0.852 bits per heavy atom. The summed E-state index contributed by atoms with van der Waals surface area (Å²) in [6, 6.07) is 0. The van der Waals surface area contributed by atoms with Crippen LogP contribution < -0.4 is 0 Å². The van der Waals surface area contributed by atoms with Crippen LogP contribution >= 0.6 is 7.92 Å². The first-order chi connectivity index (χ1) is 12.7. The molecule has 0 heterocycles. The van der Waals surface area contributed by atoms with Crippen molar-refractivity contribution in [3.8, 4) is 0 Å². The van der Waals surface area contributed by atoms with Crippen LogP contribution in [0.15, 0.2) is 0 Å². The summed E-state index contributed by atoms with van der Waals surface area (Å²) in [6.07, 6.45) is 20.9. The first-order valence-electron chi connectivity index (χ1n) is 10.9. The van der Waals surface area contributed by atoms with E-state index in [1.54, 1.807) is 70.4 Å². The fourth-order valence-electron chi connectivity index (χ4n) is 6.37. The number of carboxylic acid groups (broad SMARTS) is 2. The van der Waals surface area contributed by atoms with Gasteiger partial charge in [-0.15, -0.1) is 0 Å². The number of carbonyl (C=O) groups is 2. The maximum atomic E-state index is 9.00. The Morgan fingerprint density at radius 2 is 1.19 bits per heavy atom. The zero-order valence-corrected chi connectivity index (χ0v) is 18.4. The molecule has 5 heteroatoms. The van der Waals surface area contributed by atoms with Gasteiger partial charge in [0.2, 0.25) is 0 Å². The van der Waals surface area contributed by atoms with Gasteiger partial charge in [-0.05, 0) is 98.9 Å². The summed E-state index contributed by atoms with van der Waals surface area (Å²) >= 11 is 0. The van der Waals surface area contributed by atoms with E-state index >= 15 is 0 Å². The van der Waals surface area contributed by atoms with Crippen LogP contribution in [0.5, 0.6) is 0 Å². The number of rotatable bonds is 5. The van der Waals surface area contributed by atoms with E-state index in [9.17, 15) is 0 Å². The van der Waals surface area contributed by atoms with Crippen LogP contribution in [0.4, 0.5) is 0 Å². The lowest BCUT2D eigenvalue weighted by atomic mass is 9.99. The Labute approximate surface area is 166 Å². The largest absolute Gasteiger partial charge is 0.481 e. The monoisotopic (exact) mass is 398 g/mol. The smallest absolute Gasteiger partial charge is 0.300 e. The van der Waals surface area contributed by atoms with Crippen molar-refractivity contribution >= 4 is 19.9 Å². The Bertz CT molecular complexity index is 452. The molecule has 27 heavy (non-hydrogen) atoms. The highest BCUT2D eigenvalue weighted by Gasteiger charge is 2.58. The third kappa shape index (κ3) is 5.68. The molecule has 0 amide bonds. The molecule has 0 atom stereocenters. The second-order valence-corrected chi connectivity index (χ2v) is 12.5.